The number of hydrogen-bond donors (Lipinski definition) is 0. The Morgan fingerprint density at radius 3 is 2.20 bits per heavy atom. The molecule has 1 rings (SSSR count). The zero-order valence-electron chi connectivity index (χ0n) is 8.31. The molecule has 0 radical (unpaired) electrons. The average molecular weight is 231 g/mol. The largest absolute Gasteiger partial charge is 0.434 e. The van der Waals surface area contributed by atoms with Crippen LogP contribution in [0.3, 0.4) is 0 Å². The minimum absolute atomic E-state index is 0.0256. The van der Waals surface area contributed by atoms with Gasteiger partial charge in [-0.3, -0.25) is 0 Å². The third-order valence-electron chi connectivity index (χ3n) is 2.08. The number of hydrogen-bond acceptors (Lipinski definition) is 3. The molecule has 1 heterocycles. The Morgan fingerprint density at radius 1 is 1.20 bits per heavy atom. The Hall–Kier alpha value is -0.400. The molecule has 0 amide bonds. The van der Waals surface area contributed by atoms with Crippen molar-refractivity contribution < 1.29 is 27.0 Å². The van der Waals surface area contributed by atoms with Crippen molar-refractivity contribution >= 4 is 0 Å². The first-order valence-electron chi connectivity index (χ1n) is 4.64. The fourth-order valence-corrected chi connectivity index (χ4v) is 1.30. The van der Waals surface area contributed by atoms with Gasteiger partial charge in [-0.1, -0.05) is 0 Å². The minimum atomic E-state index is -4.46. The molecule has 15 heavy (non-hydrogen) atoms. The van der Waals surface area contributed by atoms with Gasteiger partial charge < -0.3 is 9.47 Å². The molecule has 0 saturated carbocycles. The Kier molecular flexibility index (Phi) is 3.91. The van der Waals surface area contributed by atoms with Crippen molar-refractivity contribution in [2.75, 3.05) is 32.9 Å². The summed E-state index contributed by atoms with van der Waals surface area (Å²) in [7, 11) is 0. The van der Waals surface area contributed by atoms with Crippen LogP contribution in [-0.4, -0.2) is 50.0 Å². The first kappa shape index (κ1) is 12.7. The molecule has 0 aromatic rings. The van der Waals surface area contributed by atoms with Gasteiger partial charge in [0.05, 0.1) is 19.8 Å². The maximum absolute atomic E-state index is 13.3. The van der Waals surface area contributed by atoms with Crippen LogP contribution in [0.5, 0.6) is 0 Å². The molecule has 1 fully saturated rings. The summed E-state index contributed by atoms with van der Waals surface area (Å²) >= 11 is 0. The molecule has 3 nitrogen and oxygen atoms in total. The highest BCUT2D eigenvalue weighted by atomic mass is 19.3. The lowest BCUT2D eigenvalue weighted by Crippen LogP contribution is -2.58. The highest BCUT2D eigenvalue weighted by Crippen LogP contribution is 2.38. The molecule has 7 heteroatoms. The van der Waals surface area contributed by atoms with E-state index in [1.807, 2.05) is 0 Å². The normalized spacial score (nSPS) is 20.6. The summed E-state index contributed by atoms with van der Waals surface area (Å²) in [5.41, 5.74) is 0. The van der Waals surface area contributed by atoms with Gasteiger partial charge in [0, 0.05) is 13.1 Å². The average Bonchev–Trinajstić information content (AvgIpc) is 2.19. The molecule has 0 aromatic heterocycles. The summed E-state index contributed by atoms with van der Waals surface area (Å²) < 4.78 is 61.0. The summed E-state index contributed by atoms with van der Waals surface area (Å²) in [5, 5.41) is 0. The first-order valence-corrected chi connectivity index (χ1v) is 4.64. The van der Waals surface area contributed by atoms with Gasteiger partial charge >= 0.3 is 12.2 Å². The van der Waals surface area contributed by atoms with Gasteiger partial charge in [-0.05, 0) is 6.92 Å². The van der Waals surface area contributed by atoms with Crippen molar-refractivity contribution in [3.8, 4) is 0 Å². The van der Waals surface area contributed by atoms with Crippen LogP contribution in [0, 0.1) is 0 Å². The van der Waals surface area contributed by atoms with Crippen molar-refractivity contribution in [2.45, 2.75) is 19.1 Å². The maximum atomic E-state index is 13.3. The fourth-order valence-electron chi connectivity index (χ4n) is 1.30. The predicted octanol–water partition coefficient (Wildman–Crippen LogP) is 1.54. The lowest BCUT2D eigenvalue weighted by Gasteiger charge is -2.37. The van der Waals surface area contributed by atoms with E-state index < -0.39 is 18.8 Å². The summed E-state index contributed by atoms with van der Waals surface area (Å²) in [5.74, 6) is 0. The fraction of sp³-hybridized carbons (Fsp3) is 1.00. The minimum Gasteiger partial charge on any atom is -0.379 e. The predicted molar refractivity (Wildman–Crippen MR) is 43.9 cm³/mol. The lowest BCUT2D eigenvalue weighted by atomic mass is 10.3. The zero-order valence-corrected chi connectivity index (χ0v) is 8.31. The molecule has 1 saturated heterocycles. The smallest absolute Gasteiger partial charge is 0.379 e. The molecule has 0 bridgehead atoms. The van der Waals surface area contributed by atoms with E-state index in [-0.39, 0.29) is 26.3 Å². The van der Waals surface area contributed by atoms with Gasteiger partial charge in [0.15, 0.2) is 0 Å². The van der Waals surface area contributed by atoms with Crippen molar-refractivity contribution in [1.82, 2.24) is 4.90 Å². The number of rotatable bonds is 4. The molecule has 0 atom stereocenters. The Labute approximate surface area is 84.9 Å². The summed E-state index contributed by atoms with van der Waals surface area (Å²) in [6, 6.07) is -4.28. The quantitative estimate of drug-likeness (QED) is 0.541. The number of nitrogens with zero attached hydrogens (tertiary/aromatic N) is 1. The van der Waals surface area contributed by atoms with Crippen LogP contribution < -0.4 is 0 Å². The SMILES string of the molecule is CCOC(F)(F)C(F)(F)N1CCOCC1. The molecule has 0 aliphatic carbocycles. The Balaban J connectivity index is 2.70. The van der Waals surface area contributed by atoms with Gasteiger partial charge in [-0.25, -0.2) is 4.90 Å². The standard InChI is InChI=1S/C8H13F4NO2/c1-2-15-8(11,12)7(9,10)13-3-5-14-6-4-13/h2-6H2,1H3. The van der Waals surface area contributed by atoms with Crippen molar-refractivity contribution in [2.24, 2.45) is 0 Å². The molecular weight excluding hydrogens is 218 g/mol. The van der Waals surface area contributed by atoms with Crippen LogP contribution in [0.1, 0.15) is 6.92 Å². The van der Waals surface area contributed by atoms with Crippen LogP contribution >= 0.6 is 0 Å². The van der Waals surface area contributed by atoms with Crippen LogP contribution in [0.25, 0.3) is 0 Å². The number of alkyl halides is 4. The second-order valence-corrected chi connectivity index (χ2v) is 3.09. The topological polar surface area (TPSA) is 21.7 Å². The van der Waals surface area contributed by atoms with Gasteiger partial charge in [0.2, 0.25) is 0 Å². The van der Waals surface area contributed by atoms with E-state index in [2.05, 4.69) is 4.74 Å². The second-order valence-electron chi connectivity index (χ2n) is 3.09. The van der Waals surface area contributed by atoms with Crippen molar-refractivity contribution in [1.29, 1.82) is 0 Å². The van der Waals surface area contributed by atoms with E-state index in [0.29, 0.717) is 4.90 Å². The van der Waals surface area contributed by atoms with E-state index in [1.165, 1.54) is 6.92 Å². The molecule has 0 unspecified atom stereocenters. The molecule has 0 aromatic carbocycles. The number of ether oxygens (including phenoxy) is 2. The molecule has 1 aliphatic heterocycles. The number of halogens is 4. The van der Waals surface area contributed by atoms with E-state index in [1.54, 1.807) is 0 Å². The van der Waals surface area contributed by atoms with Gasteiger partial charge in [0.1, 0.15) is 0 Å². The van der Waals surface area contributed by atoms with Gasteiger partial charge in [-0.15, -0.1) is 0 Å². The van der Waals surface area contributed by atoms with Crippen molar-refractivity contribution in [3.05, 3.63) is 0 Å². The van der Waals surface area contributed by atoms with Crippen LogP contribution in [0.2, 0.25) is 0 Å². The number of morpholine rings is 1. The van der Waals surface area contributed by atoms with Gasteiger partial charge in [0.25, 0.3) is 0 Å². The lowest BCUT2D eigenvalue weighted by molar-refractivity contribution is -0.393. The highest BCUT2D eigenvalue weighted by Gasteiger charge is 2.61. The zero-order chi connectivity index (χ0) is 11.5. The van der Waals surface area contributed by atoms with Crippen LogP contribution in [0.15, 0.2) is 0 Å². The summed E-state index contributed by atoms with van der Waals surface area (Å²) in [6.45, 7) is 0.372. The Bertz CT molecular complexity index is 207. The van der Waals surface area contributed by atoms with Crippen LogP contribution in [-0.2, 0) is 9.47 Å². The molecule has 90 valence electrons. The second kappa shape index (κ2) is 4.63. The monoisotopic (exact) mass is 231 g/mol. The Morgan fingerprint density at radius 2 is 1.73 bits per heavy atom. The summed E-state index contributed by atoms with van der Waals surface area (Å²) in [6.07, 6.45) is -4.46. The third kappa shape index (κ3) is 2.59. The summed E-state index contributed by atoms with van der Waals surface area (Å²) in [4.78, 5) is 0.381. The third-order valence-corrected chi connectivity index (χ3v) is 2.08. The molecule has 0 spiro atoms. The first-order chi connectivity index (χ1) is 6.92. The highest BCUT2D eigenvalue weighted by molar-refractivity contribution is 4.80. The maximum Gasteiger partial charge on any atom is 0.434 e. The molecule has 0 N–H and O–H groups in total. The molecule has 1 aliphatic rings. The van der Waals surface area contributed by atoms with E-state index in [0.717, 1.165) is 0 Å². The van der Waals surface area contributed by atoms with Gasteiger partial charge in [-0.2, -0.15) is 17.6 Å². The van der Waals surface area contributed by atoms with Crippen molar-refractivity contribution in [3.63, 3.8) is 0 Å². The van der Waals surface area contributed by atoms with E-state index in [9.17, 15) is 17.6 Å². The van der Waals surface area contributed by atoms with E-state index >= 15 is 0 Å². The van der Waals surface area contributed by atoms with Crippen LogP contribution in [0.4, 0.5) is 17.6 Å². The molecular formula is C8H13F4NO2. The van der Waals surface area contributed by atoms with E-state index in [4.69, 9.17) is 4.74 Å².